The van der Waals surface area contributed by atoms with E-state index in [0.29, 0.717) is 18.2 Å². The van der Waals surface area contributed by atoms with Gasteiger partial charge in [0.15, 0.2) is 5.82 Å². The smallest absolute Gasteiger partial charge is 0.354 e. The second-order valence-corrected chi connectivity index (χ2v) is 5.35. The van der Waals surface area contributed by atoms with E-state index in [1.54, 1.807) is 23.3 Å². The van der Waals surface area contributed by atoms with Crippen LogP contribution in [-0.2, 0) is 6.42 Å². The lowest BCUT2D eigenvalue weighted by atomic mass is 10.1. The number of aryl methyl sites for hydroxylation is 1. The predicted octanol–water partition coefficient (Wildman–Crippen LogP) is 2.16. The molecule has 0 atom stereocenters. The molecule has 0 bridgehead atoms. The largest absolute Gasteiger partial charge is 0.492 e. The summed E-state index contributed by atoms with van der Waals surface area (Å²) < 4.78 is 7.24. The van der Waals surface area contributed by atoms with Crippen LogP contribution in [0.3, 0.4) is 0 Å². The van der Waals surface area contributed by atoms with Crippen LogP contribution < -0.4 is 4.74 Å². The van der Waals surface area contributed by atoms with Gasteiger partial charge >= 0.3 is 5.97 Å². The number of hydrogen-bond donors (Lipinski definition) is 1. The van der Waals surface area contributed by atoms with Crippen molar-refractivity contribution in [2.24, 2.45) is 0 Å². The number of pyridine rings is 2. The minimum atomic E-state index is -1.01. The van der Waals surface area contributed by atoms with Crippen LogP contribution in [0.25, 0.3) is 5.82 Å². The molecule has 1 N–H and O–H groups in total. The molecule has 3 aromatic rings. The maximum atomic E-state index is 10.9. The van der Waals surface area contributed by atoms with Gasteiger partial charge in [0, 0.05) is 6.20 Å². The van der Waals surface area contributed by atoms with Crippen LogP contribution in [0.4, 0.5) is 0 Å². The van der Waals surface area contributed by atoms with Crippen molar-refractivity contribution in [1.29, 1.82) is 0 Å². The van der Waals surface area contributed by atoms with E-state index in [1.165, 1.54) is 12.5 Å². The summed E-state index contributed by atoms with van der Waals surface area (Å²) in [5, 5.41) is 12.9. The van der Waals surface area contributed by atoms with Crippen molar-refractivity contribution in [3.05, 3.63) is 60.6 Å². The van der Waals surface area contributed by atoms with Crippen LogP contribution in [0.1, 0.15) is 28.9 Å². The third kappa shape index (κ3) is 4.60. The number of nitrogens with zero attached hydrogens (tertiary/aromatic N) is 5. The van der Waals surface area contributed by atoms with Crippen LogP contribution in [0.15, 0.2) is 49.3 Å². The lowest BCUT2D eigenvalue weighted by Crippen LogP contribution is -2.02. The Bertz CT molecular complexity index is 819. The molecule has 3 heterocycles. The number of hydrogen-bond acceptors (Lipinski definition) is 6. The second-order valence-electron chi connectivity index (χ2n) is 5.35. The zero-order chi connectivity index (χ0) is 17.5. The van der Waals surface area contributed by atoms with Gasteiger partial charge in [-0.15, -0.1) is 0 Å². The predicted molar refractivity (Wildman–Crippen MR) is 88.8 cm³/mol. The Morgan fingerprint density at radius 3 is 2.84 bits per heavy atom. The van der Waals surface area contributed by atoms with Gasteiger partial charge in [-0.25, -0.2) is 24.4 Å². The van der Waals surface area contributed by atoms with E-state index < -0.39 is 5.97 Å². The highest BCUT2D eigenvalue weighted by molar-refractivity contribution is 5.85. The highest BCUT2D eigenvalue weighted by atomic mass is 16.5. The van der Waals surface area contributed by atoms with E-state index in [-0.39, 0.29) is 5.69 Å². The zero-order valence-corrected chi connectivity index (χ0v) is 13.4. The summed E-state index contributed by atoms with van der Waals surface area (Å²) in [6.07, 6.45) is 8.75. The van der Waals surface area contributed by atoms with Gasteiger partial charge in [0.05, 0.1) is 12.8 Å². The molecule has 0 aliphatic carbocycles. The highest BCUT2D eigenvalue weighted by Crippen LogP contribution is 2.12. The lowest BCUT2D eigenvalue weighted by molar-refractivity contribution is 0.0690. The molecule has 0 aliphatic heterocycles. The molecule has 25 heavy (non-hydrogen) atoms. The molecule has 0 fully saturated rings. The van der Waals surface area contributed by atoms with Gasteiger partial charge in [-0.2, -0.15) is 5.10 Å². The first-order valence-electron chi connectivity index (χ1n) is 7.84. The third-order valence-electron chi connectivity index (χ3n) is 3.55. The number of unbranched alkanes of at least 4 members (excludes halogenated alkanes) is 1. The van der Waals surface area contributed by atoms with Crippen molar-refractivity contribution >= 4 is 5.97 Å². The molecule has 0 saturated carbocycles. The van der Waals surface area contributed by atoms with Crippen LogP contribution in [-0.4, -0.2) is 42.4 Å². The number of aromatic nitrogens is 5. The standard InChI is InChI=1S/C17H17N5O3/c23-17(24)15-9-13(6-7-19-15)3-1-2-8-25-14-4-5-16(20-10-14)22-12-18-11-21-22/h4-7,9-12H,1-3,8H2,(H,23,24). The molecule has 128 valence electrons. The summed E-state index contributed by atoms with van der Waals surface area (Å²) in [5.41, 5.74) is 1.04. The molecule has 0 aliphatic rings. The molecule has 8 heteroatoms. The first kappa shape index (κ1) is 16.6. The summed E-state index contributed by atoms with van der Waals surface area (Å²) in [5.74, 6) is 0.365. The van der Waals surface area contributed by atoms with E-state index >= 15 is 0 Å². The molecule has 3 aromatic heterocycles. The van der Waals surface area contributed by atoms with Crippen molar-refractivity contribution in [1.82, 2.24) is 24.7 Å². The normalized spacial score (nSPS) is 10.6. The van der Waals surface area contributed by atoms with Crippen LogP contribution in [0.5, 0.6) is 5.75 Å². The lowest BCUT2D eigenvalue weighted by Gasteiger charge is -2.07. The van der Waals surface area contributed by atoms with Gasteiger partial charge in [-0.3, -0.25) is 0 Å². The summed E-state index contributed by atoms with van der Waals surface area (Å²) in [7, 11) is 0. The SMILES string of the molecule is O=C(O)c1cc(CCCCOc2ccc(-n3cncn3)nc2)ccn1. The maximum absolute atomic E-state index is 10.9. The maximum Gasteiger partial charge on any atom is 0.354 e. The summed E-state index contributed by atoms with van der Waals surface area (Å²) in [4.78, 5) is 22.8. The first-order chi connectivity index (χ1) is 12.2. The molecule has 0 saturated heterocycles. The van der Waals surface area contributed by atoms with Gasteiger partial charge in [-0.05, 0) is 49.1 Å². The number of rotatable bonds is 8. The molecule has 3 rings (SSSR count). The van der Waals surface area contributed by atoms with Gasteiger partial charge in [0.2, 0.25) is 0 Å². The Morgan fingerprint density at radius 2 is 2.12 bits per heavy atom. The molecule has 8 nitrogen and oxygen atoms in total. The topological polar surface area (TPSA) is 103 Å². The molecule has 0 spiro atoms. The van der Waals surface area contributed by atoms with Gasteiger partial charge in [0.1, 0.15) is 24.1 Å². The van der Waals surface area contributed by atoms with E-state index in [0.717, 1.165) is 24.8 Å². The van der Waals surface area contributed by atoms with E-state index in [2.05, 4.69) is 20.1 Å². The van der Waals surface area contributed by atoms with Crippen LogP contribution in [0.2, 0.25) is 0 Å². The van der Waals surface area contributed by atoms with Crippen molar-refractivity contribution in [3.8, 4) is 11.6 Å². The summed E-state index contributed by atoms with van der Waals surface area (Å²) in [6, 6.07) is 7.09. The molecule has 0 radical (unpaired) electrons. The van der Waals surface area contributed by atoms with Gasteiger partial charge < -0.3 is 9.84 Å². The molecular formula is C17H17N5O3. The second kappa shape index (κ2) is 8.00. The first-order valence-corrected chi connectivity index (χ1v) is 7.84. The Morgan fingerprint density at radius 1 is 1.20 bits per heavy atom. The van der Waals surface area contributed by atoms with E-state index in [4.69, 9.17) is 9.84 Å². The van der Waals surface area contributed by atoms with Crippen LogP contribution >= 0.6 is 0 Å². The number of aromatic carboxylic acids is 1. The van der Waals surface area contributed by atoms with Crippen molar-refractivity contribution in [2.75, 3.05) is 6.61 Å². The van der Waals surface area contributed by atoms with Crippen LogP contribution in [0, 0.1) is 0 Å². The Kier molecular flexibility index (Phi) is 5.30. The molecule has 0 unspecified atom stereocenters. The van der Waals surface area contributed by atoms with Gasteiger partial charge in [0.25, 0.3) is 0 Å². The fraction of sp³-hybridized carbons (Fsp3) is 0.235. The summed E-state index contributed by atoms with van der Waals surface area (Å²) >= 11 is 0. The zero-order valence-electron chi connectivity index (χ0n) is 13.4. The minimum Gasteiger partial charge on any atom is -0.492 e. The van der Waals surface area contributed by atoms with Gasteiger partial charge in [-0.1, -0.05) is 0 Å². The fourth-order valence-electron chi connectivity index (χ4n) is 2.29. The number of ether oxygens (including phenoxy) is 1. The summed E-state index contributed by atoms with van der Waals surface area (Å²) in [6.45, 7) is 0.571. The van der Waals surface area contributed by atoms with Crippen molar-refractivity contribution < 1.29 is 14.6 Å². The third-order valence-corrected chi connectivity index (χ3v) is 3.55. The molecular weight excluding hydrogens is 322 g/mol. The van der Waals surface area contributed by atoms with E-state index in [1.807, 2.05) is 18.2 Å². The highest BCUT2D eigenvalue weighted by Gasteiger charge is 2.05. The van der Waals surface area contributed by atoms with Crippen molar-refractivity contribution in [2.45, 2.75) is 19.3 Å². The minimum absolute atomic E-state index is 0.0762. The Hall–Kier alpha value is -3.29. The van der Waals surface area contributed by atoms with E-state index in [9.17, 15) is 4.79 Å². The quantitative estimate of drug-likeness (QED) is 0.627. The Balaban J connectivity index is 1.41. The molecule has 0 aromatic carbocycles. The monoisotopic (exact) mass is 339 g/mol. The fourth-order valence-corrected chi connectivity index (χ4v) is 2.29. The molecule has 0 amide bonds. The number of carboxylic acids is 1. The Labute approximate surface area is 144 Å². The van der Waals surface area contributed by atoms with Crippen molar-refractivity contribution in [3.63, 3.8) is 0 Å². The average Bonchev–Trinajstić information content (AvgIpc) is 3.17. The number of carbonyl (C=O) groups is 1. The average molecular weight is 339 g/mol. The number of carboxylic acid groups (broad SMARTS) is 1.